The van der Waals surface area contributed by atoms with E-state index in [0.717, 1.165) is 35.9 Å². The number of nitrogens with zero attached hydrogens (tertiary/aromatic N) is 1. The van der Waals surface area contributed by atoms with Crippen LogP contribution in [0.2, 0.25) is 0 Å². The molecule has 29 heavy (non-hydrogen) atoms. The van der Waals surface area contributed by atoms with Gasteiger partial charge in [-0.3, -0.25) is 9.59 Å². The lowest BCUT2D eigenvalue weighted by atomic mass is 9.89. The SMILES string of the molecule is COc1ccccc1C(=O)Nc1ccc2sc(NC(=O)C3CCCCC3)nc2c1. The lowest BCUT2D eigenvalue weighted by Gasteiger charge is -2.19. The van der Waals surface area contributed by atoms with Gasteiger partial charge in [-0.25, -0.2) is 4.98 Å². The summed E-state index contributed by atoms with van der Waals surface area (Å²) in [5.74, 6) is 0.426. The van der Waals surface area contributed by atoms with Gasteiger partial charge in [0.1, 0.15) is 5.75 Å². The number of hydrogen-bond acceptors (Lipinski definition) is 5. The van der Waals surface area contributed by atoms with Crippen LogP contribution in [0.25, 0.3) is 10.2 Å². The Morgan fingerprint density at radius 3 is 2.66 bits per heavy atom. The van der Waals surface area contributed by atoms with E-state index in [1.807, 2.05) is 24.3 Å². The van der Waals surface area contributed by atoms with E-state index in [0.29, 0.717) is 22.1 Å². The predicted octanol–water partition coefficient (Wildman–Crippen LogP) is 5.08. The van der Waals surface area contributed by atoms with Crippen molar-refractivity contribution >= 4 is 44.2 Å². The monoisotopic (exact) mass is 409 g/mol. The molecule has 0 unspecified atom stereocenters. The maximum atomic E-state index is 12.6. The summed E-state index contributed by atoms with van der Waals surface area (Å²) in [5, 5.41) is 6.45. The number of carbonyl (C=O) groups is 2. The molecule has 4 rings (SSSR count). The van der Waals surface area contributed by atoms with Crippen molar-refractivity contribution in [3.05, 3.63) is 48.0 Å². The molecule has 0 saturated heterocycles. The number of fused-ring (bicyclic) bond motifs is 1. The van der Waals surface area contributed by atoms with E-state index in [9.17, 15) is 9.59 Å². The van der Waals surface area contributed by atoms with Gasteiger partial charge in [0.05, 0.1) is 22.9 Å². The molecule has 1 aromatic heterocycles. The summed E-state index contributed by atoms with van der Waals surface area (Å²) in [7, 11) is 1.54. The molecule has 1 heterocycles. The van der Waals surface area contributed by atoms with Crippen molar-refractivity contribution in [1.29, 1.82) is 0 Å². The summed E-state index contributed by atoms with van der Waals surface area (Å²) in [6, 6.07) is 12.6. The van der Waals surface area contributed by atoms with Crippen LogP contribution in [-0.4, -0.2) is 23.9 Å². The van der Waals surface area contributed by atoms with Gasteiger partial charge in [-0.15, -0.1) is 0 Å². The molecular weight excluding hydrogens is 386 g/mol. The first-order chi connectivity index (χ1) is 14.1. The fourth-order valence-corrected chi connectivity index (χ4v) is 4.51. The van der Waals surface area contributed by atoms with Gasteiger partial charge in [0, 0.05) is 11.6 Å². The minimum Gasteiger partial charge on any atom is -0.496 e. The molecule has 0 aliphatic heterocycles. The minimum atomic E-state index is -0.247. The largest absolute Gasteiger partial charge is 0.496 e. The molecule has 2 N–H and O–H groups in total. The minimum absolute atomic E-state index is 0.0634. The van der Waals surface area contributed by atoms with E-state index in [1.165, 1.54) is 24.9 Å². The highest BCUT2D eigenvalue weighted by Crippen LogP contribution is 2.30. The summed E-state index contributed by atoms with van der Waals surface area (Å²) in [6.45, 7) is 0. The first-order valence-electron chi connectivity index (χ1n) is 9.80. The molecule has 7 heteroatoms. The second-order valence-electron chi connectivity index (χ2n) is 7.18. The van der Waals surface area contributed by atoms with Crippen LogP contribution in [0.15, 0.2) is 42.5 Å². The zero-order valence-corrected chi connectivity index (χ0v) is 17.1. The average molecular weight is 410 g/mol. The van der Waals surface area contributed by atoms with Gasteiger partial charge in [0.2, 0.25) is 5.91 Å². The van der Waals surface area contributed by atoms with E-state index in [-0.39, 0.29) is 17.7 Å². The summed E-state index contributed by atoms with van der Waals surface area (Å²) < 4.78 is 6.21. The molecule has 0 radical (unpaired) electrons. The highest BCUT2D eigenvalue weighted by atomic mass is 32.1. The Kier molecular flexibility index (Phi) is 5.76. The lowest BCUT2D eigenvalue weighted by Crippen LogP contribution is -2.24. The molecule has 0 spiro atoms. The van der Waals surface area contributed by atoms with Crippen LogP contribution in [0, 0.1) is 5.92 Å². The van der Waals surface area contributed by atoms with Gasteiger partial charge >= 0.3 is 0 Å². The number of aromatic nitrogens is 1. The van der Waals surface area contributed by atoms with Crippen molar-refractivity contribution in [2.45, 2.75) is 32.1 Å². The number of carbonyl (C=O) groups excluding carboxylic acids is 2. The number of para-hydroxylation sites is 1. The molecule has 2 amide bonds. The Bertz CT molecular complexity index is 1040. The van der Waals surface area contributed by atoms with Crippen molar-refractivity contribution in [3.8, 4) is 5.75 Å². The van der Waals surface area contributed by atoms with Gasteiger partial charge in [-0.05, 0) is 43.2 Å². The zero-order chi connectivity index (χ0) is 20.2. The standard InChI is InChI=1S/C22H23N3O3S/c1-28-18-10-6-5-9-16(18)21(27)23-15-11-12-19-17(13-15)24-22(29-19)25-20(26)14-7-3-2-4-8-14/h5-6,9-14H,2-4,7-8H2,1H3,(H,23,27)(H,24,25,26). The van der Waals surface area contributed by atoms with E-state index in [2.05, 4.69) is 15.6 Å². The predicted molar refractivity (Wildman–Crippen MR) is 116 cm³/mol. The van der Waals surface area contributed by atoms with Crippen LogP contribution < -0.4 is 15.4 Å². The third-order valence-electron chi connectivity index (χ3n) is 5.20. The lowest BCUT2D eigenvalue weighted by molar-refractivity contribution is -0.120. The summed E-state index contributed by atoms with van der Waals surface area (Å²) in [4.78, 5) is 29.6. The van der Waals surface area contributed by atoms with Gasteiger partial charge < -0.3 is 15.4 Å². The van der Waals surface area contributed by atoms with Crippen molar-refractivity contribution in [2.24, 2.45) is 5.92 Å². The Morgan fingerprint density at radius 2 is 1.86 bits per heavy atom. The van der Waals surface area contributed by atoms with Crippen LogP contribution in [0.4, 0.5) is 10.8 Å². The average Bonchev–Trinajstić information content (AvgIpc) is 3.15. The number of amides is 2. The molecule has 1 aliphatic rings. The van der Waals surface area contributed by atoms with E-state index in [4.69, 9.17) is 4.74 Å². The zero-order valence-electron chi connectivity index (χ0n) is 16.2. The molecule has 6 nitrogen and oxygen atoms in total. The normalized spacial score (nSPS) is 14.5. The fourth-order valence-electron chi connectivity index (χ4n) is 3.66. The van der Waals surface area contributed by atoms with Crippen molar-refractivity contribution in [1.82, 2.24) is 4.98 Å². The van der Waals surface area contributed by atoms with Crippen molar-refractivity contribution in [3.63, 3.8) is 0 Å². The van der Waals surface area contributed by atoms with Crippen LogP contribution >= 0.6 is 11.3 Å². The van der Waals surface area contributed by atoms with Gasteiger partial charge in [-0.1, -0.05) is 42.7 Å². The second-order valence-corrected chi connectivity index (χ2v) is 8.21. The maximum Gasteiger partial charge on any atom is 0.259 e. The Hall–Kier alpha value is -2.93. The number of anilines is 2. The Balaban J connectivity index is 1.48. The van der Waals surface area contributed by atoms with Crippen LogP contribution in [0.3, 0.4) is 0 Å². The smallest absolute Gasteiger partial charge is 0.259 e. The number of nitrogens with one attached hydrogen (secondary N) is 2. The number of benzene rings is 2. The summed E-state index contributed by atoms with van der Waals surface area (Å²) >= 11 is 1.44. The Morgan fingerprint density at radius 1 is 1.07 bits per heavy atom. The van der Waals surface area contributed by atoms with E-state index < -0.39 is 0 Å². The molecule has 1 aliphatic carbocycles. The first kappa shape index (κ1) is 19.4. The molecule has 3 aromatic rings. The van der Waals surface area contributed by atoms with Gasteiger partial charge in [0.25, 0.3) is 5.91 Å². The maximum absolute atomic E-state index is 12.6. The molecular formula is C22H23N3O3S. The molecule has 1 saturated carbocycles. The van der Waals surface area contributed by atoms with Crippen LogP contribution in [-0.2, 0) is 4.79 Å². The van der Waals surface area contributed by atoms with Gasteiger partial charge in [-0.2, -0.15) is 0 Å². The van der Waals surface area contributed by atoms with E-state index >= 15 is 0 Å². The van der Waals surface area contributed by atoms with Crippen molar-refractivity contribution in [2.75, 3.05) is 17.7 Å². The highest BCUT2D eigenvalue weighted by Gasteiger charge is 2.22. The third-order valence-corrected chi connectivity index (χ3v) is 6.15. The number of rotatable bonds is 5. The van der Waals surface area contributed by atoms with Gasteiger partial charge in [0.15, 0.2) is 5.13 Å². The topological polar surface area (TPSA) is 80.3 Å². The molecule has 2 aromatic carbocycles. The number of methoxy groups -OCH3 is 1. The third kappa shape index (κ3) is 4.40. The van der Waals surface area contributed by atoms with Crippen LogP contribution in [0.1, 0.15) is 42.5 Å². The molecule has 1 fully saturated rings. The van der Waals surface area contributed by atoms with E-state index in [1.54, 1.807) is 18.2 Å². The number of hydrogen-bond donors (Lipinski definition) is 2. The molecule has 150 valence electrons. The summed E-state index contributed by atoms with van der Waals surface area (Å²) in [5.41, 5.74) is 1.85. The second kappa shape index (κ2) is 8.61. The fraction of sp³-hybridized carbons (Fsp3) is 0.318. The van der Waals surface area contributed by atoms with Crippen molar-refractivity contribution < 1.29 is 14.3 Å². The molecule has 0 atom stereocenters. The quantitative estimate of drug-likeness (QED) is 0.616. The summed E-state index contributed by atoms with van der Waals surface area (Å²) in [6.07, 6.45) is 5.36. The number of ether oxygens (including phenoxy) is 1. The Labute approximate surface area is 173 Å². The molecule has 0 bridgehead atoms. The first-order valence-corrected chi connectivity index (χ1v) is 10.6. The number of thiazole rings is 1. The van der Waals surface area contributed by atoms with Crippen LogP contribution in [0.5, 0.6) is 5.75 Å². The highest BCUT2D eigenvalue weighted by molar-refractivity contribution is 7.22.